The SMILES string of the molecule is CC(COc1ccc2c(c1)[nH]c1ccccc12)Nc1ccccc1CCO. The van der Waals surface area contributed by atoms with E-state index in [1.165, 1.54) is 10.8 Å². The van der Waals surface area contributed by atoms with E-state index >= 15 is 0 Å². The van der Waals surface area contributed by atoms with E-state index in [-0.39, 0.29) is 12.6 Å². The van der Waals surface area contributed by atoms with Crippen LogP contribution in [0.4, 0.5) is 5.69 Å². The first kappa shape index (κ1) is 17.4. The molecule has 138 valence electrons. The lowest BCUT2D eigenvalue weighted by Gasteiger charge is -2.18. The molecule has 4 rings (SSSR count). The summed E-state index contributed by atoms with van der Waals surface area (Å²) in [4.78, 5) is 3.45. The number of aromatic amines is 1. The van der Waals surface area contributed by atoms with E-state index < -0.39 is 0 Å². The lowest BCUT2D eigenvalue weighted by molar-refractivity contribution is 0.299. The molecule has 1 heterocycles. The Morgan fingerprint density at radius 2 is 1.74 bits per heavy atom. The van der Waals surface area contributed by atoms with E-state index in [0.717, 1.165) is 28.0 Å². The van der Waals surface area contributed by atoms with Gasteiger partial charge in [0.05, 0.1) is 11.6 Å². The number of hydrogen-bond acceptors (Lipinski definition) is 3. The summed E-state index contributed by atoms with van der Waals surface area (Å²) in [5.74, 6) is 0.853. The summed E-state index contributed by atoms with van der Waals surface area (Å²) in [5.41, 5.74) is 4.39. The third-order valence-electron chi connectivity index (χ3n) is 4.78. The van der Waals surface area contributed by atoms with Gasteiger partial charge in [0.1, 0.15) is 12.4 Å². The molecule has 0 spiro atoms. The lowest BCUT2D eigenvalue weighted by Crippen LogP contribution is -2.24. The number of hydrogen-bond donors (Lipinski definition) is 3. The van der Waals surface area contributed by atoms with E-state index in [1.807, 2.05) is 36.4 Å². The maximum atomic E-state index is 9.21. The molecule has 4 heteroatoms. The summed E-state index contributed by atoms with van der Waals surface area (Å²) in [7, 11) is 0. The molecule has 0 saturated heterocycles. The maximum absolute atomic E-state index is 9.21. The van der Waals surface area contributed by atoms with Crippen molar-refractivity contribution in [3.8, 4) is 5.75 Å². The third-order valence-corrected chi connectivity index (χ3v) is 4.78. The fraction of sp³-hybridized carbons (Fsp3) is 0.217. The Bertz CT molecular complexity index is 1050. The largest absolute Gasteiger partial charge is 0.491 e. The van der Waals surface area contributed by atoms with Crippen molar-refractivity contribution in [2.45, 2.75) is 19.4 Å². The second kappa shape index (κ2) is 7.72. The number of rotatable bonds is 7. The minimum atomic E-state index is 0.142. The Hall–Kier alpha value is -2.98. The first-order valence-electron chi connectivity index (χ1n) is 9.33. The van der Waals surface area contributed by atoms with E-state index in [1.54, 1.807) is 0 Å². The Labute approximate surface area is 158 Å². The molecule has 27 heavy (non-hydrogen) atoms. The average Bonchev–Trinajstić information content (AvgIpc) is 3.06. The highest BCUT2D eigenvalue weighted by Crippen LogP contribution is 2.28. The van der Waals surface area contributed by atoms with Crippen molar-refractivity contribution in [2.24, 2.45) is 0 Å². The van der Waals surface area contributed by atoms with Crippen LogP contribution >= 0.6 is 0 Å². The predicted octanol–water partition coefficient (Wildman–Crippen LogP) is 4.74. The predicted molar refractivity (Wildman–Crippen MR) is 112 cm³/mol. The van der Waals surface area contributed by atoms with E-state index in [2.05, 4.69) is 47.6 Å². The highest BCUT2D eigenvalue weighted by atomic mass is 16.5. The second-order valence-corrected chi connectivity index (χ2v) is 6.87. The van der Waals surface area contributed by atoms with Gasteiger partial charge in [0.15, 0.2) is 0 Å². The zero-order valence-electron chi connectivity index (χ0n) is 15.4. The Kier molecular flexibility index (Phi) is 4.99. The van der Waals surface area contributed by atoms with Gasteiger partial charge in [-0.1, -0.05) is 36.4 Å². The normalized spacial score (nSPS) is 12.4. The Balaban J connectivity index is 1.44. The number of nitrogens with one attached hydrogen (secondary N) is 2. The van der Waals surface area contributed by atoms with Gasteiger partial charge in [-0.05, 0) is 43.2 Å². The molecule has 3 N–H and O–H groups in total. The number of anilines is 1. The monoisotopic (exact) mass is 360 g/mol. The zero-order chi connectivity index (χ0) is 18.6. The van der Waals surface area contributed by atoms with Gasteiger partial charge in [0.25, 0.3) is 0 Å². The molecule has 0 aliphatic heterocycles. The summed E-state index contributed by atoms with van der Waals surface area (Å²) >= 11 is 0. The average molecular weight is 360 g/mol. The first-order chi connectivity index (χ1) is 13.2. The van der Waals surface area contributed by atoms with Gasteiger partial charge in [-0.15, -0.1) is 0 Å². The number of benzene rings is 3. The van der Waals surface area contributed by atoms with Crippen molar-refractivity contribution in [2.75, 3.05) is 18.5 Å². The Morgan fingerprint density at radius 3 is 2.63 bits per heavy atom. The molecular weight excluding hydrogens is 336 g/mol. The molecule has 3 aromatic carbocycles. The third kappa shape index (κ3) is 3.76. The van der Waals surface area contributed by atoms with Gasteiger partial charge in [-0.2, -0.15) is 0 Å². The molecule has 0 aliphatic carbocycles. The summed E-state index contributed by atoms with van der Waals surface area (Å²) < 4.78 is 6.01. The molecule has 0 amide bonds. The number of fused-ring (bicyclic) bond motifs is 3. The smallest absolute Gasteiger partial charge is 0.121 e. The van der Waals surface area contributed by atoms with Crippen LogP contribution in [0.3, 0.4) is 0 Å². The lowest BCUT2D eigenvalue weighted by atomic mass is 10.1. The minimum absolute atomic E-state index is 0.142. The summed E-state index contributed by atoms with van der Waals surface area (Å²) in [6, 6.07) is 22.7. The highest BCUT2D eigenvalue weighted by molar-refractivity contribution is 6.07. The molecule has 0 aliphatic rings. The Morgan fingerprint density at radius 1 is 0.963 bits per heavy atom. The van der Waals surface area contributed by atoms with Crippen molar-refractivity contribution in [1.29, 1.82) is 0 Å². The molecule has 0 radical (unpaired) electrons. The van der Waals surface area contributed by atoms with Crippen molar-refractivity contribution in [3.63, 3.8) is 0 Å². The molecular formula is C23H24N2O2. The maximum Gasteiger partial charge on any atom is 0.121 e. The van der Waals surface area contributed by atoms with Crippen LogP contribution < -0.4 is 10.1 Å². The molecule has 1 aromatic heterocycles. The van der Waals surface area contributed by atoms with Crippen molar-refractivity contribution in [1.82, 2.24) is 4.98 Å². The topological polar surface area (TPSA) is 57.3 Å². The number of H-pyrrole nitrogens is 1. The van der Waals surface area contributed by atoms with Crippen LogP contribution in [0, 0.1) is 0 Å². The molecule has 0 saturated carbocycles. The molecule has 0 bridgehead atoms. The van der Waals surface area contributed by atoms with Gasteiger partial charge in [-0.25, -0.2) is 0 Å². The summed E-state index contributed by atoms with van der Waals surface area (Å²) in [6.45, 7) is 2.80. The van der Waals surface area contributed by atoms with Gasteiger partial charge in [-0.3, -0.25) is 0 Å². The van der Waals surface area contributed by atoms with Crippen LogP contribution in [0.2, 0.25) is 0 Å². The molecule has 0 fully saturated rings. The number of ether oxygens (including phenoxy) is 1. The summed E-state index contributed by atoms with van der Waals surface area (Å²) in [6.07, 6.45) is 0.647. The highest BCUT2D eigenvalue weighted by Gasteiger charge is 2.08. The minimum Gasteiger partial charge on any atom is -0.491 e. The quantitative estimate of drug-likeness (QED) is 0.446. The number of aromatic nitrogens is 1. The molecule has 1 atom stereocenters. The second-order valence-electron chi connectivity index (χ2n) is 6.87. The molecule has 4 nitrogen and oxygen atoms in total. The van der Waals surface area contributed by atoms with Crippen molar-refractivity contribution >= 4 is 27.5 Å². The van der Waals surface area contributed by atoms with Gasteiger partial charge in [0, 0.05) is 34.6 Å². The van der Waals surface area contributed by atoms with Crippen LogP contribution in [0.5, 0.6) is 5.75 Å². The molecule has 1 unspecified atom stereocenters. The number of aliphatic hydroxyl groups is 1. The first-order valence-corrected chi connectivity index (χ1v) is 9.33. The summed E-state index contributed by atoms with van der Waals surface area (Å²) in [5, 5.41) is 15.1. The van der Waals surface area contributed by atoms with Crippen LogP contribution in [0.1, 0.15) is 12.5 Å². The van der Waals surface area contributed by atoms with Crippen molar-refractivity contribution in [3.05, 3.63) is 72.3 Å². The van der Waals surface area contributed by atoms with Crippen molar-refractivity contribution < 1.29 is 9.84 Å². The van der Waals surface area contributed by atoms with E-state index in [4.69, 9.17) is 4.74 Å². The zero-order valence-corrected chi connectivity index (χ0v) is 15.4. The number of aliphatic hydroxyl groups excluding tert-OH is 1. The van der Waals surface area contributed by atoms with Gasteiger partial charge >= 0.3 is 0 Å². The van der Waals surface area contributed by atoms with Gasteiger partial charge in [0.2, 0.25) is 0 Å². The van der Waals surface area contributed by atoms with E-state index in [0.29, 0.717) is 13.0 Å². The fourth-order valence-corrected chi connectivity index (χ4v) is 3.45. The van der Waals surface area contributed by atoms with Crippen LogP contribution in [-0.4, -0.2) is 29.3 Å². The number of para-hydroxylation sites is 2. The van der Waals surface area contributed by atoms with Crippen LogP contribution in [-0.2, 0) is 6.42 Å². The van der Waals surface area contributed by atoms with Crippen LogP contribution in [0.25, 0.3) is 21.8 Å². The molecule has 4 aromatic rings. The fourth-order valence-electron chi connectivity index (χ4n) is 3.45. The van der Waals surface area contributed by atoms with Gasteiger partial charge < -0.3 is 20.1 Å². The standard InChI is InChI=1S/C23H24N2O2/c1-16(24-21-8-4-2-6-17(21)12-13-26)15-27-18-10-11-20-19-7-3-5-9-22(19)25-23(20)14-18/h2-11,14,16,24-26H,12-13,15H2,1H3. The van der Waals surface area contributed by atoms with E-state index in [9.17, 15) is 5.11 Å². The van der Waals surface area contributed by atoms with Crippen LogP contribution in [0.15, 0.2) is 66.7 Å².